The quantitative estimate of drug-likeness (QED) is 0.0632. The van der Waals surface area contributed by atoms with E-state index in [4.69, 9.17) is 23.5 Å². The van der Waals surface area contributed by atoms with Crippen molar-refractivity contribution < 1.29 is 50.8 Å². The molecule has 1 heterocycles. The molecule has 0 bridgehead atoms. The standard InChI is InChI=1S/C31H58O11S/c1-4-6-8-10-12-14-16-18-20-22-26(32)41-29-28(34)25(24-39-43(35,36)37)40-31(38-3)30(29)42-27(33)23-21-19-17-15-13-11-9-7-5-2/h25,28-31,34H,4-24H2,1-3H3,(H,35,36,37)/t25-,28-,29+,30-,31+/m1/s1. The van der Waals surface area contributed by atoms with Crippen LogP contribution in [0.2, 0.25) is 0 Å². The Bertz CT molecular complexity index is 836. The highest BCUT2D eigenvalue weighted by atomic mass is 32.3. The molecule has 0 aromatic carbocycles. The van der Waals surface area contributed by atoms with Crippen LogP contribution in [0.3, 0.4) is 0 Å². The van der Waals surface area contributed by atoms with Gasteiger partial charge in [-0.05, 0) is 12.8 Å². The van der Waals surface area contributed by atoms with Crippen LogP contribution in [0.5, 0.6) is 0 Å². The fourth-order valence-corrected chi connectivity index (χ4v) is 5.52. The Kier molecular flexibility index (Phi) is 22.2. The van der Waals surface area contributed by atoms with Crippen molar-refractivity contribution in [3.05, 3.63) is 0 Å². The minimum Gasteiger partial charge on any atom is -0.455 e. The predicted octanol–water partition coefficient (Wildman–Crippen LogP) is 6.20. The van der Waals surface area contributed by atoms with Crippen molar-refractivity contribution in [1.29, 1.82) is 0 Å². The van der Waals surface area contributed by atoms with Crippen LogP contribution in [0.25, 0.3) is 0 Å². The highest BCUT2D eigenvalue weighted by molar-refractivity contribution is 7.80. The summed E-state index contributed by atoms with van der Waals surface area (Å²) >= 11 is 0. The van der Waals surface area contributed by atoms with Crippen LogP contribution in [0.4, 0.5) is 0 Å². The Morgan fingerprint density at radius 1 is 0.674 bits per heavy atom. The van der Waals surface area contributed by atoms with E-state index in [9.17, 15) is 23.1 Å². The smallest absolute Gasteiger partial charge is 0.397 e. The molecule has 12 heteroatoms. The number of hydrogen-bond acceptors (Lipinski definition) is 10. The Balaban J connectivity index is 2.66. The molecule has 2 N–H and O–H groups in total. The van der Waals surface area contributed by atoms with Crippen molar-refractivity contribution >= 4 is 22.3 Å². The maximum Gasteiger partial charge on any atom is 0.397 e. The normalized spacial score (nSPS) is 22.4. The lowest BCUT2D eigenvalue weighted by Crippen LogP contribution is -2.61. The summed E-state index contributed by atoms with van der Waals surface area (Å²) in [6.45, 7) is 3.62. The molecule has 1 aliphatic rings. The predicted molar refractivity (Wildman–Crippen MR) is 163 cm³/mol. The van der Waals surface area contributed by atoms with E-state index in [0.717, 1.165) is 38.5 Å². The topological polar surface area (TPSA) is 155 Å². The minimum absolute atomic E-state index is 0.114. The third kappa shape index (κ3) is 19.0. The van der Waals surface area contributed by atoms with E-state index in [1.807, 2.05) is 0 Å². The number of carbonyl (C=O) groups is 2. The molecule has 0 aliphatic carbocycles. The van der Waals surface area contributed by atoms with Crippen LogP contribution < -0.4 is 0 Å². The highest BCUT2D eigenvalue weighted by Gasteiger charge is 2.50. The molecular weight excluding hydrogens is 580 g/mol. The second-order valence-electron chi connectivity index (χ2n) is 11.5. The number of methoxy groups -OCH3 is 1. The van der Waals surface area contributed by atoms with Gasteiger partial charge in [0.15, 0.2) is 18.5 Å². The zero-order valence-corrected chi connectivity index (χ0v) is 27.5. The number of aliphatic hydroxyl groups excluding tert-OH is 1. The summed E-state index contributed by atoms with van der Waals surface area (Å²) < 4.78 is 57.6. The molecule has 0 spiro atoms. The van der Waals surface area contributed by atoms with E-state index in [1.54, 1.807) is 0 Å². The zero-order chi connectivity index (χ0) is 31.9. The van der Waals surface area contributed by atoms with E-state index in [0.29, 0.717) is 12.8 Å². The second kappa shape index (κ2) is 24.0. The molecule has 0 aromatic rings. The first-order valence-corrected chi connectivity index (χ1v) is 17.9. The molecule has 0 unspecified atom stereocenters. The number of aliphatic hydroxyl groups is 1. The fourth-order valence-electron chi connectivity index (χ4n) is 5.21. The molecule has 0 radical (unpaired) electrons. The highest BCUT2D eigenvalue weighted by Crippen LogP contribution is 2.28. The Hall–Kier alpha value is -1.31. The van der Waals surface area contributed by atoms with E-state index in [1.165, 1.54) is 71.3 Å². The van der Waals surface area contributed by atoms with Gasteiger partial charge in [-0.25, -0.2) is 4.18 Å². The number of rotatable bonds is 26. The van der Waals surface area contributed by atoms with Gasteiger partial charge in [0.1, 0.15) is 12.2 Å². The summed E-state index contributed by atoms with van der Waals surface area (Å²) in [7, 11) is -3.54. The number of esters is 2. The SMILES string of the molecule is CCCCCCCCCCCC(=O)O[C@H]1[C@@H](OC)O[C@H](COS(=O)(=O)O)[C@@H](O)[C@@H]1OC(=O)CCCCCCCCCCC. The largest absolute Gasteiger partial charge is 0.455 e. The summed E-state index contributed by atoms with van der Waals surface area (Å²) in [6.07, 6.45) is 12.9. The van der Waals surface area contributed by atoms with Crippen LogP contribution in [-0.2, 0) is 43.1 Å². The third-order valence-electron chi connectivity index (χ3n) is 7.74. The van der Waals surface area contributed by atoms with Gasteiger partial charge < -0.3 is 24.1 Å². The van der Waals surface area contributed by atoms with Crippen LogP contribution in [0.1, 0.15) is 142 Å². The van der Waals surface area contributed by atoms with E-state index >= 15 is 0 Å². The van der Waals surface area contributed by atoms with Gasteiger partial charge in [-0.1, -0.05) is 117 Å². The Labute approximate surface area is 259 Å². The van der Waals surface area contributed by atoms with Gasteiger partial charge in [0, 0.05) is 20.0 Å². The van der Waals surface area contributed by atoms with Crippen molar-refractivity contribution in [2.45, 2.75) is 173 Å². The van der Waals surface area contributed by atoms with Gasteiger partial charge in [0.05, 0.1) is 6.61 Å². The molecule has 0 aromatic heterocycles. The second-order valence-corrected chi connectivity index (χ2v) is 12.6. The van der Waals surface area contributed by atoms with Crippen molar-refractivity contribution in [3.63, 3.8) is 0 Å². The summed E-state index contributed by atoms with van der Waals surface area (Å²) in [6, 6.07) is 0. The molecule has 254 valence electrons. The number of carbonyl (C=O) groups excluding carboxylic acids is 2. The van der Waals surface area contributed by atoms with Crippen LogP contribution >= 0.6 is 0 Å². The monoisotopic (exact) mass is 638 g/mol. The molecule has 0 saturated carbocycles. The number of hydrogen-bond donors (Lipinski definition) is 2. The number of ether oxygens (including phenoxy) is 4. The van der Waals surface area contributed by atoms with Crippen molar-refractivity contribution in [3.8, 4) is 0 Å². The summed E-state index contributed by atoms with van der Waals surface area (Å²) in [5.41, 5.74) is 0. The summed E-state index contributed by atoms with van der Waals surface area (Å²) in [4.78, 5) is 25.5. The maximum absolute atomic E-state index is 12.7. The van der Waals surface area contributed by atoms with Crippen LogP contribution in [0.15, 0.2) is 0 Å². The van der Waals surface area contributed by atoms with Gasteiger partial charge in [0.25, 0.3) is 0 Å². The molecule has 11 nitrogen and oxygen atoms in total. The first-order chi connectivity index (χ1) is 20.6. The molecular formula is C31H58O11S. The van der Waals surface area contributed by atoms with Gasteiger partial charge in [0.2, 0.25) is 0 Å². The van der Waals surface area contributed by atoms with E-state index in [-0.39, 0.29) is 12.8 Å². The zero-order valence-electron chi connectivity index (χ0n) is 26.7. The minimum atomic E-state index is -4.82. The van der Waals surface area contributed by atoms with Gasteiger partial charge >= 0.3 is 22.3 Å². The van der Waals surface area contributed by atoms with Crippen molar-refractivity contribution in [2.24, 2.45) is 0 Å². The van der Waals surface area contributed by atoms with E-state index < -0.39 is 59.7 Å². The van der Waals surface area contributed by atoms with Crippen molar-refractivity contribution in [1.82, 2.24) is 0 Å². The molecule has 1 rings (SSSR count). The first-order valence-electron chi connectivity index (χ1n) is 16.5. The van der Waals surface area contributed by atoms with Gasteiger partial charge in [-0.3, -0.25) is 14.1 Å². The molecule has 1 aliphatic heterocycles. The number of unbranched alkanes of at least 4 members (excludes halogenated alkanes) is 16. The lowest BCUT2D eigenvalue weighted by molar-refractivity contribution is -0.299. The third-order valence-corrected chi connectivity index (χ3v) is 8.17. The Morgan fingerprint density at radius 2 is 1.07 bits per heavy atom. The van der Waals surface area contributed by atoms with Crippen molar-refractivity contribution in [2.75, 3.05) is 13.7 Å². The molecule has 5 atom stereocenters. The molecule has 0 amide bonds. The summed E-state index contributed by atoms with van der Waals surface area (Å²) in [5.74, 6) is -1.13. The first kappa shape index (κ1) is 39.7. The van der Waals surface area contributed by atoms with Crippen LogP contribution in [0, 0.1) is 0 Å². The average Bonchev–Trinajstić information content (AvgIpc) is 2.96. The van der Waals surface area contributed by atoms with E-state index in [2.05, 4.69) is 18.0 Å². The summed E-state index contributed by atoms with van der Waals surface area (Å²) in [5, 5.41) is 10.9. The fraction of sp³-hybridized carbons (Fsp3) is 0.935. The molecule has 1 saturated heterocycles. The lowest BCUT2D eigenvalue weighted by Gasteiger charge is -2.42. The average molecular weight is 639 g/mol. The van der Waals surface area contributed by atoms with Gasteiger partial charge in [-0.2, -0.15) is 8.42 Å². The molecule has 1 fully saturated rings. The van der Waals surface area contributed by atoms with Gasteiger partial charge in [-0.15, -0.1) is 0 Å². The molecule has 43 heavy (non-hydrogen) atoms. The Morgan fingerprint density at radius 3 is 1.47 bits per heavy atom. The lowest BCUT2D eigenvalue weighted by atomic mass is 9.98. The maximum atomic E-state index is 12.7. The van der Waals surface area contributed by atoms with Crippen LogP contribution in [-0.4, -0.2) is 74.4 Å².